The first-order valence-corrected chi connectivity index (χ1v) is 17.4. The molecule has 1 saturated heterocycles. The summed E-state index contributed by atoms with van der Waals surface area (Å²) in [6.07, 6.45) is -2.10. The quantitative estimate of drug-likeness (QED) is 0.191. The molecule has 9 heteroatoms. The number of benzene rings is 3. The van der Waals surface area contributed by atoms with E-state index in [9.17, 15) is 13.5 Å². The van der Waals surface area contributed by atoms with Crippen LogP contribution >= 0.6 is 0 Å². The Kier molecular flexibility index (Phi) is 9.64. The number of hydrogen-bond acceptors (Lipinski definition) is 7. The summed E-state index contributed by atoms with van der Waals surface area (Å²) in [5, 5.41) is 13.1. The van der Waals surface area contributed by atoms with E-state index in [1.165, 1.54) is 12.1 Å². The summed E-state index contributed by atoms with van der Waals surface area (Å²) in [4.78, 5) is 0.0137. The van der Waals surface area contributed by atoms with Crippen molar-refractivity contribution < 1.29 is 31.6 Å². The van der Waals surface area contributed by atoms with Gasteiger partial charge in [-0.2, -0.15) is 8.42 Å². The van der Waals surface area contributed by atoms with Gasteiger partial charge in [0.25, 0.3) is 18.4 Å². The molecule has 1 aliphatic rings. The Labute approximate surface area is 251 Å². The van der Waals surface area contributed by atoms with E-state index in [1.54, 1.807) is 32.1 Å². The average Bonchev–Trinajstić information content (AvgIpc) is 3.28. The number of aryl methyl sites for hydroxylation is 1. The van der Waals surface area contributed by atoms with Gasteiger partial charge in [-0.25, -0.2) is 0 Å². The van der Waals surface area contributed by atoms with Gasteiger partial charge in [-0.15, -0.1) is 6.58 Å². The molecule has 0 unspecified atom stereocenters. The highest BCUT2D eigenvalue weighted by molar-refractivity contribution is 7.86. The molecule has 0 aliphatic carbocycles. The molecule has 4 rings (SSSR count). The lowest BCUT2D eigenvalue weighted by atomic mass is 10.0. The van der Waals surface area contributed by atoms with Crippen molar-refractivity contribution in [3.63, 3.8) is 0 Å². The van der Waals surface area contributed by atoms with Gasteiger partial charge in [0.1, 0.15) is 18.3 Å². The zero-order valence-electron chi connectivity index (χ0n) is 25.2. The van der Waals surface area contributed by atoms with Crippen LogP contribution in [0.25, 0.3) is 0 Å². The van der Waals surface area contributed by atoms with Crippen molar-refractivity contribution in [3.05, 3.63) is 103 Å². The molecule has 0 spiro atoms. The number of aliphatic hydroxyl groups excluding tert-OH is 1. The molecule has 3 aromatic carbocycles. The molecule has 42 heavy (non-hydrogen) atoms. The molecular formula is C33H42O7SSi. The molecule has 4 atom stereocenters. The van der Waals surface area contributed by atoms with Crippen LogP contribution in [0.4, 0.5) is 0 Å². The summed E-state index contributed by atoms with van der Waals surface area (Å²) in [5.74, 6) is -1.07. The molecule has 226 valence electrons. The first-order chi connectivity index (χ1) is 19.7. The topological polar surface area (TPSA) is 91.3 Å². The second kappa shape index (κ2) is 12.5. The first-order valence-electron chi connectivity index (χ1n) is 14.1. The molecule has 1 aliphatic heterocycles. The average molecular weight is 611 g/mol. The molecule has 0 radical (unpaired) electrons. The maximum Gasteiger partial charge on any atom is 0.297 e. The van der Waals surface area contributed by atoms with E-state index < -0.39 is 55.2 Å². The maximum atomic E-state index is 12.8. The smallest absolute Gasteiger partial charge is 0.297 e. The Bertz CT molecular complexity index is 1400. The molecule has 1 heterocycles. The fourth-order valence-electron chi connectivity index (χ4n) is 5.54. The molecule has 1 fully saturated rings. The van der Waals surface area contributed by atoms with Crippen LogP contribution in [0.1, 0.15) is 40.2 Å². The van der Waals surface area contributed by atoms with E-state index in [4.69, 9.17) is 18.1 Å². The summed E-state index contributed by atoms with van der Waals surface area (Å²) in [6, 6.07) is 26.7. The molecule has 7 nitrogen and oxygen atoms in total. The Morgan fingerprint density at radius 3 is 1.90 bits per heavy atom. The second-order valence-corrected chi connectivity index (χ2v) is 18.0. The molecule has 3 aromatic rings. The van der Waals surface area contributed by atoms with Crippen LogP contribution in [-0.2, 0) is 28.2 Å². The van der Waals surface area contributed by atoms with Crippen LogP contribution in [0.2, 0.25) is 5.04 Å². The minimum absolute atomic E-state index is 0.0137. The van der Waals surface area contributed by atoms with Crippen molar-refractivity contribution in [2.24, 2.45) is 0 Å². The van der Waals surface area contributed by atoms with Gasteiger partial charge < -0.3 is 19.0 Å². The van der Waals surface area contributed by atoms with Crippen molar-refractivity contribution in [2.75, 3.05) is 6.61 Å². The van der Waals surface area contributed by atoms with Gasteiger partial charge in [0.15, 0.2) is 5.79 Å². The van der Waals surface area contributed by atoms with Gasteiger partial charge in [0.05, 0.1) is 17.6 Å². The third kappa shape index (κ3) is 6.78. The summed E-state index contributed by atoms with van der Waals surface area (Å²) in [7, 11) is -7.12. The summed E-state index contributed by atoms with van der Waals surface area (Å²) in [5.41, 5.74) is 0.923. The van der Waals surface area contributed by atoms with Crippen LogP contribution in [0.5, 0.6) is 0 Å². The van der Waals surface area contributed by atoms with Gasteiger partial charge in [-0.3, -0.25) is 4.18 Å². The fourth-order valence-corrected chi connectivity index (χ4v) is 11.1. The second-order valence-electron chi connectivity index (χ2n) is 12.2. The molecular weight excluding hydrogens is 569 g/mol. The molecule has 0 aromatic heterocycles. The Morgan fingerprint density at radius 2 is 1.43 bits per heavy atom. The number of aliphatic hydroxyl groups is 1. The van der Waals surface area contributed by atoms with Crippen LogP contribution in [0.15, 0.2) is 102 Å². The standard InChI is InChI=1S/C33H42O7SSi/c1-8-29(40-42(32(3,4)5,26-15-11-9-12-16-26)27-17-13-10-14-18-27)31-30(38-33(6,7)39-31)28(34)23-37-41(35,36)25-21-19-24(2)20-22-25/h8-22,28-31,34H,1,23H2,2-7H3/t28-,29+,30-,31-/m1/s1. The minimum atomic E-state index is -4.09. The highest BCUT2D eigenvalue weighted by atomic mass is 32.2. The number of hydrogen-bond donors (Lipinski definition) is 1. The summed E-state index contributed by atoms with van der Waals surface area (Å²) < 4.78 is 50.7. The van der Waals surface area contributed by atoms with Gasteiger partial charge in [-0.05, 0) is 48.3 Å². The number of ether oxygens (including phenoxy) is 2. The van der Waals surface area contributed by atoms with Crippen molar-refractivity contribution in [3.8, 4) is 0 Å². The normalized spacial score (nSPS) is 20.6. The van der Waals surface area contributed by atoms with Crippen molar-refractivity contribution in [1.82, 2.24) is 0 Å². The zero-order chi connectivity index (χ0) is 30.8. The van der Waals surface area contributed by atoms with Gasteiger partial charge in [0, 0.05) is 0 Å². The van der Waals surface area contributed by atoms with E-state index in [-0.39, 0.29) is 9.93 Å². The van der Waals surface area contributed by atoms with E-state index in [0.29, 0.717) is 0 Å². The van der Waals surface area contributed by atoms with E-state index in [0.717, 1.165) is 15.9 Å². The maximum absolute atomic E-state index is 12.8. The largest absolute Gasteiger partial charge is 0.398 e. The van der Waals surface area contributed by atoms with E-state index in [1.807, 2.05) is 43.3 Å². The third-order valence-electron chi connectivity index (χ3n) is 7.53. The summed E-state index contributed by atoms with van der Waals surface area (Å²) in [6.45, 7) is 15.5. The molecule has 0 saturated carbocycles. The Hall–Kier alpha value is -2.63. The minimum Gasteiger partial charge on any atom is -0.398 e. The highest BCUT2D eigenvalue weighted by Crippen LogP contribution is 2.40. The SMILES string of the molecule is C=C[C@H](O[Si](c1ccccc1)(c1ccccc1)C(C)(C)C)[C@H]1OC(C)(C)O[C@@H]1[C@H](O)COS(=O)(=O)c1ccc(C)cc1. The van der Waals surface area contributed by atoms with Gasteiger partial charge in [-0.1, -0.05) is 105 Å². The first kappa shape index (κ1) is 32.3. The lowest BCUT2D eigenvalue weighted by molar-refractivity contribution is -0.159. The lowest BCUT2D eigenvalue weighted by Gasteiger charge is -2.46. The zero-order valence-corrected chi connectivity index (χ0v) is 27.0. The van der Waals surface area contributed by atoms with Gasteiger partial charge in [0.2, 0.25) is 0 Å². The van der Waals surface area contributed by atoms with Crippen LogP contribution in [-0.4, -0.2) is 58.7 Å². The predicted octanol–water partition coefficient (Wildman–Crippen LogP) is 4.71. The van der Waals surface area contributed by atoms with Gasteiger partial charge >= 0.3 is 0 Å². The Balaban J connectivity index is 1.67. The Morgan fingerprint density at radius 1 is 0.929 bits per heavy atom. The van der Waals surface area contributed by atoms with Crippen LogP contribution in [0.3, 0.4) is 0 Å². The molecule has 0 bridgehead atoms. The molecule has 1 N–H and O–H groups in total. The number of rotatable bonds is 11. The third-order valence-corrected chi connectivity index (χ3v) is 13.9. The van der Waals surface area contributed by atoms with E-state index in [2.05, 4.69) is 51.6 Å². The van der Waals surface area contributed by atoms with Crippen molar-refractivity contribution in [1.29, 1.82) is 0 Å². The van der Waals surface area contributed by atoms with Crippen molar-refractivity contribution >= 4 is 28.8 Å². The van der Waals surface area contributed by atoms with Crippen LogP contribution in [0, 0.1) is 6.92 Å². The van der Waals surface area contributed by atoms with Crippen LogP contribution < -0.4 is 10.4 Å². The van der Waals surface area contributed by atoms with E-state index >= 15 is 0 Å². The molecule has 0 amide bonds. The fraction of sp³-hybridized carbons (Fsp3) is 0.394. The highest BCUT2D eigenvalue weighted by Gasteiger charge is 2.55. The predicted molar refractivity (Wildman–Crippen MR) is 167 cm³/mol. The van der Waals surface area contributed by atoms with Crippen molar-refractivity contribution in [2.45, 2.75) is 81.7 Å². The monoisotopic (exact) mass is 610 g/mol. The lowest BCUT2D eigenvalue weighted by Crippen LogP contribution is -2.68. The summed E-state index contributed by atoms with van der Waals surface area (Å²) >= 11 is 0.